The van der Waals surface area contributed by atoms with Gasteiger partial charge in [0.1, 0.15) is 23.0 Å². The van der Waals surface area contributed by atoms with Gasteiger partial charge in [-0.05, 0) is 18.8 Å². The SMILES string of the molecule is CC1CCC2CN(C1)C(=O)c1c(O)c(=O)c(C(=O)NCc3c(F)cc(F)cc3F)cn12. The number of carbonyl (C=O) groups excluding carboxylic acids is 2. The maximum atomic E-state index is 13.8. The highest BCUT2D eigenvalue weighted by Crippen LogP contribution is 2.33. The lowest BCUT2D eigenvalue weighted by Crippen LogP contribution is -2.45. The number of fused-ring (bicyclic) bond motifs is 4. The van der Waals surface area contributed by atoms with Gasteiger partial charge in [-0.2, -0.15) is 0 Å². The molecule has 3 heterocycles. The second-order valence-electron chi connectivity index (χ2n) is 8.05. The van der Waals surface area contributed by atoms with Crippen LogP contribution < -0.4 is 10.7 Å². The van der Waals surface area contributed by atoms with Gasteiger partial charge in [-0.3, -0.25) is 14.4 Å². The highest BCUT2D eigenvalue weighted by atomic mass is 19.1. The molecule has 2 bridgehead atoms. The van der Waals surface area contributed by atoms with Crippen LogP contribution in [0, 0.1) is 23.4 Å². The summed E-state index contributed by atoms with van der Waals surface area (Å²) in [7, 11) is 0. The number of rotatable bonds is 3. The molecule has 1 saturated heterocycles. The Morgan fingerprint density at radius 2 is 1.84 bits per heavy atom. The van der Waals surface area contributed by atoms with E-state index in [9.17, 15) is 32.7 Å². The van der Waals surface area contributed by atoms with E-state index in [1.807, 2.05) is 6.92 Å². The van der Waals surface area contributed by atoms with Crippen LogP contribution in [0.1, 0.15) is 52.2 Å². The average molecular weight is 435 g/mol. The minimum atomic E-state index is -1.18. The first-order chi connectivity index (χ1) is 14.7. The van der Waals surface area contributed by atoms with Crippen molar-refractivity contribution in [3.8, 4) is 5.75 Å². The summed E-state index contributed by atoms with van der Waals surface area (Å²) in [6, 6.07) is 0.742. The van der Waals surface area contributed by atoms with Crippen molar-refractivity contribution in [2.24, 2.45) is 5.92 Å². The van der Waals surface area contributed by atoms with E-state index in [4.69, 9.17) is 0 Å². The molecule has 7 nitrogen and oxygen atoms in total. The summed E-state index contributed by atoms with van der Waals surface area (Å²) in [6.45, 7) is 2.28. The van der Waals surface area contributed by atoms with E-state index in [1.54, 1.807) is 4.90 Å². The fourth-order valence-corrected chi connectivity index (χ4v) is 4.19. The second-order valence-corrected chi connectivity index (χ2v) is 8.05. The zero-order chi connectivity index (χ0) is 22.4. The number of hydrogen-bond donors (Lipinski definition) is 2. The summed E-state index contributed by atoms with van der Waals surface area (Å²) in [6.07, 6.45) is 2.72. The summed E-state index contributed by atoms with van der Waals surface area (Å²) in [5, 5.41) is 12.7. The lowest BCUT2D eigenvalue weighted by Gasteiger charge is -2.34. The van der Waals surface area contributed by atoms with Crippen LogP contribution in [0.3, 0.4) is 0 Å². The number of aromatic nitrogens is 1. The van der Waals surface area contributed by atoms with E-state index in [2.05, 4.69) is 5.32 Å². The largest absolute Gasteiger partial charge is 0.503 e. The van der Waals surface area contributed by atoms with E-state index in [0.29, 0.717) is 31.6 Å². The molecule has 2 aliphatic heterocycles. The van der Waals surface area contributed by atoms with Crippen LogP contribution in [0.15, 0.2) is 23.1 Å². The zero-order valence-electron chi connectivity index (χ0n) is 16.6. The first kappa shape index (κ1) is 21.0. The first-order valence-electron chi connectivity index (χ1n) is 9.86. The molecule has 1 aromatic carbocycles. The fraction of sp³-hybridized carbons (Fsp3) is 0.381. The molecule has 2 unspecified atom stereocenters. The molecular formula is C21H20F3N3O4. The molecule has 0 aliphatic carbocycles. The molecular weight excluding hydrogens is 415 g/mol. The highest BCUT2D eigenvalue weighted by Gasteiger charge is 2.37. The van der Waals surface area contributed by atoms with Gasteiger partial charge in [-0.25, -0.2) is 13.2 Å². The van der Waals surface area contributed by atoms with Crippen LogP contribution in [0.2, 0.25) is 0 Å². The lowest BCUT2D eigenvalue weighted by atomic mass is 10.0. The molecule has 4 rings (SSSR count). The Kier molecular flexibility index (Phi) is 5.24. The molecule has 2 aromatic rings. The number of benzene rings is 1. The number of nitrogens with one attached hydrogen (secondary N) is 1. The molecule has 164 valence electrons. The van der Waals surface area contributed by atoms with Crippen molar-refractivity contribution in [1.82, 2.24) is 14.8 Å². The molecule has 2 amide bonds. The zero-order valence-corrected chi connectivity index (χ0v) is 16.6. The molecule has 1 fully saturated rings. The van der Waals surface area contributed by atoms with E-state index in [1.165, 1.54) is 10.8 Å². The minimum absolute atomic E-state index is 0.164. The number of carbonyl (C=O) groups is 2. The summed E-state index contributed by atoms with van der Waals surface area (Å²) in [5.74, 6) is -5.50. The van der Waals surface area contributed by atoms with Gasteiger partial charge in [0, 0.05) is 43.5 Å². The van der Waals surface area contributed by atoms with Crippen LogP contribution in [-0.2, 0) is 6.54 Å². The molecule has 1 aromatic heterocycles. The van der Waals surface area contributed by atoms with Crippen molar-refractivity contribution in [3.63, 3.8) is 0 Å². The summed E-state index contributed by atoms with van der Waals surface area (Å²) in [5.41, 5.74) is -2.24. The van der Waals surface area contributed by atoms with Gasteiger partial charge in [0.25, 0.3) is 11.8 Å². The van der Waals surface area contributed by atoms with Crippen molar-refractivity contribution in [3.05, 3.63) is 62.8 Å². The van der Waals surface area contributed by atoms with Crippen LogP contribution in [0.5, 0.6) is 5.75 Å². The van der Waals surface area contributed by atoms with Gasteiger partial charge in [0.2, 0.25) is 5.43 Å². The Bertz CT molecular complexity index is 1120. The maximum Gasteiger partial charge on any atom is 0.274 e. The monoisotopic (exact) mass is 435 g/mol. The quantitative estimate of drug-likeness (QED) is 0.774. The molecule has 2 N–H and O–H groups in total. The summed E-state index contributed by atoms with van der Waals surface area (Å²) in [4.78, 5) is 39.6. The van der Waals surface area contributed by atoms with Gasteiger partial charge in [-0.15, -0.1) is 0 Å². The number of nitrogens with zero attached hydrogens (tertiary/aromatic N) is 2. The lowest BCUT2D eigenvalue weighted by molar-refractivity contribution is 0.0662. The number of hydrogen-bond acceptors (Lipinski definition) is 4. The van der Waals surface area contributed by atoms with E-state index in [-0.39, 0.29) is 17.7 Å². The maximum absolute atomic E-state index is 13.8. The third kappa shape index (κ3) is 3.66. The Morgan fingerprint density at radius 3 is 2.52 bits per heavy atom. The second kappa shape index (κ2) is 7.75. The van der Waals surface area contributed by atoms with Crippen LogP contribution in [0.25, 0.3) is 0 Å². The molecule has 2 aliphatic rings. The van der Waals surface area contributed by atoms with Crippen LogP contribution >= 0.6 is 0 Å². The molecule has 10 heteroatoms. The third-order valence-electron chi connectivity index (χ3n) is 5.83. The van der Waals surface area contributed by atoms with Gasteiger partial charge in [-0.1, -0.05) is 6.92 Å². The summed E-state index contributed by atoms with van der Waals surface area (Å²) >= 11 is 0. The van der Waals surface area contributed by atoms with Gasteiger partial charge < -0.3 is 19.9 Å². The van der Waals surface area contributed by atoms with E-state index in [0.717, 1.165) is 6.42 Å². The Morgan fingerprint density at radius 1 is 1.16 bits per heavy atom. The smallest absolute Gasteiger partial charge is 0.274 e. The number of halogens is 3. The highest BCUT2D eigenvalue weighted by molar-refractivity contribution is 5.99. The van der Waals surface area contributed by atoms with Crippen molar-refractivity contribution in [2.45, 2.75) is 32.4 Å². The normalized spacial score (nSPS) is 20.3. The predicted octanol–water partition coefficient (Wildman–Crippen LogP) is 2.33. The molecule has 0 spiro atoms. The van der Waals surface area contributed by atoms with Crippen molar-refractivity contribution < 1.29 is 27.9 Å². The van der Waals surface area contributed by atoms with Crippen molar-refractivity contribution in [1.29, 1.82) is 0 Å². The molecule has 0 saturated carbocycles. The van der Waals surface area contributed by atoms with Crippen LogP contribution in [0.4, 0.5) is 13.2 Å². The fourth-order valence-electron chi connectivity index (χ4n) is 4.19. The third-order valence-corrected chi connectivity index (χ3v) is 5.83. The number of amides is 2. The van der Waals surface area contributed by atoms with E-state index >= 15 is 0 Å². The molecule has 2 atom stereocenters. The molecule has 0 radical (unpaired) electrons. The van der Waals surface area contributed by atoms with Crippen molar-refractivity contribution in [2.75, 3.05) is 13.1 Å². The Hall–Kier alpha value is -3.30. The van der Waals surface area contributed by atoms with Gasteiger partial charge in [0.05, 0.1) is 6.04 Å². The van der Waals surface area contributed by atoms with E-state index < -0.39 is 58.1 Å². The predicted molar refractivity (Wildman–Crippen MR) is 103 cm³/mol. The average Bonchev–Trinajstić information content (AvgIpc) is 2.87. The van der Waals surface area contributed by atoms with Gasteiger partial charge >= 0.3 is 0 Å². The molecule has 31 heavy (non-hydrogen) atoms. The standard InChI is InChI=1S/C21H20F3N3O4/c1-10-2-3-12-8-26(7-10)21(31)17-19(29)18(28)14(9-27(12)17)20(30)25-6-13-15(23)4-11(22)5-16(13)24/h4-5,9-10,12,29H,2-3,6-8H2,1H3,(H,25,30). The topological polar surface area (TPSA) is 91.6 Å². The Balaban J connectivity index is 1.67. The number of pyridine rings is 1. The van der Waals surface area contributed by atoms with Gasteiger partial charge in [0.15, 0.2) is 11.4 Å². The number of aromatic hydroxyl groups is 1. The van der Waals surface area contributed by atoms with Crippen molar-refractivity contribution >= 4 is 11.8 Å². The van der Waals surface area contributed by atoms with Crippen LogP contribution in [-0.4, -0.2) is 39.5 Å². The summed E-state index contributed by atoms with van der Waals surface area (Å²) < 4.78 is 42.1. The minimum Gasteiger partial charge on any atom is -0.503 e. The first-order valence-corrected chi connectivity index (χ1v) is 9.86. The Labute approximate surface area is 175 Å².